The maximum atomic E-state index is 13.5. The Labute approximate surface area is 184 Å². The van der Waals surface area contributed by atoms with E-state index in [1.807, 2.05) is 0 Å². The summed E-state index contributed by atoms with van der Waals surface area (Å²) in [6, 6.07) is 0. The zero-order valence-corrected chi connectivity index (χ0v) is 16.9. The van der Waals surface area contributed by atoms with Crippen molar-refractivity contribution < 1.29 is 102 Å². The van der Waals surface area contributed by atoms with Gasteiger partial charge in [-0.15, -0.1) is 0 Å². The normalized spacial score (nSPS) is 16.5. The van der Waals surface area contributed by atoms with Crippen molar-refractivity contribution in [3.05, 3.63) is 0 Å². The fourth-order valence-electron chi connectivity index (χ4n) is 2.03. The van der Waals surface area contributed by atoms with E-state index in [2.05, 4.69) is 4.52 Å². The first-order valence-corrected chi connectivity index (χ1v) is 9.53. The van der Waals surface area contributed by atoms with Crippen molar-refractivity contribution in [2.24, 2.45) is 0 Å². The molecule has 2 N–H and O–H groups in total. The second-order valence-electron chi connectivity index (χ2n) is 6.65. The topological polar surface area (TPSA) is 66.8 Å². The van der Waals surface area contributed by atoms with Crippen LogP contribution in [0.1, 0.15) is 12.8 Å². The van der Waals surface area contributed by atoms with Crippen LogP contribution in [0.3, 0.4) is 0 Å². The maximum absolute atomic E-state index is 13.5. The van der Waals surface area contributed by atoms with Crippen LogP contribution in [0.2, 0.25) is 0 Å². The number of alkyl halides is 19. The van der Waals surface area contributed by atoms with Crippen LogP contribution in [-0.2, 0) is 9.09 Å². The van der Waals surface area contributed by atoms with E-state index in [4.69, 9.17) is 9.79 Å². The molecule has 218 valence electrons. The molecule has 36 heavy (non-hydrogen) atoms. The van der Waals surface area contributed by atoms with Gasteiger partial charge in [-0.1, -0.05) is 0 Å². The lowest BCUT2D eigenvalue weighted by atomic mass is 9.86. The molecular formula is C12H8F19O4P. The smallest absolute Gasteiger partial charge is 0.303 e. The van der Waals surface area contributed by atoms with Crippen molar-refractivity contribution in [3.63, 3.8) is 0 Å². The number of phosphoric acid groups is 1. The zero-order valence-electron chi connectivity index (χ0n) is 16.0. The Hall–Kier alpha value is -1.22. The molecule has 0 radical (unpaired) electrons. The third-order valence-corrected chi connectivity index (χ3v) is 4.59. The summed E-state index contributed by atoms with van der Waals surface area (Å²) in [5.74, 6) is -67.2. The fraction of sp³-hybridized carbons (Fsp3) is 1.00. The monoisotopic (exact) mass is 608 g/mol. The molecule has 0 saturated carbocycles. The van der Waals surface area contributed by atoms with E-state index in [1.54, 1.807) is 0 Å². The minimum Gasteiger partial charge on any atom is -0.303 e. The van der Waals surface area contributed by atoms with E-state index in [0.717, 1.165) is 0 Å². The Morgan fingerprint density at radius 2 is 0.778 bits per heavy atom. The summed E-state index contributed by atoms with van der Waals surface area (Å²) in [7, 11) is -5.53. The Balaban J connectivity index is 6.52. The molecule has 0 aromatic rings. The van der Waals surface area contributed by atoms with Crippen LogP contribution in [0.4, 0.5) is 83.4 Å². The van der Waals surface area contributed by atoms with Crippen LogP contribution in [0, 0.1) is 0 Å². The lowest BCUT2D eigenvalue weighted by Gasteiger charge is -2.43. The highest BCUT2D eigenvalue weighted by Gasteiger charge is 2.96. The highest BCUT2D eigenvalue weighted by atomic mass is 31.2. The Morgan fingerprint density at radius 1 is 0.500 bits per heavy atom. The number of rotatable bonds is 12. The Morgan fingerprint density at radius 3 is 1.06 bits per heavy atom. The lowest BCUT2D eigenvalue weighted by molar-refractivity contribution is -0.468. The molecule has 0 amide bonds. The minimum atomic E-state index is -9.00. The average molecular weight is 608 g/mol. The second-order valence-corrected chi connectivity index (χ2v) is 7.89. The van der Waals surface area contributed by atoms with Gasteiger partial charge in [0.2, 0.25) is 0 Å². The number of hydrogen-bond donors (Lipinski definition) is 2. The van der Waals surface area contributed by atoms with E-state index >= 15 is 0 Å². The average Bonchev–Trinajstić information content (AvgIpc) is 2.62. The molecule has 0 aliphatic heterocycles. The number of phosphoric ester groups is 1. The van der Waals surface area contributed by atoms with Gasteiger partial charge in [0.1, 0.15) is 0 Å². The largest absolute Gasteiger partial charge is 0.469 e. The van der Waals surface area contributed by atoms with Crippen LogP contribution < -0.4 is 0 Å². The highest BCUT2D eigenvalue weighted by Crippen LogP contribution is 2.65. The summed E-state index contributed by atoms with van der Waals surface area (Å²) in [4.78, 5) is 16.4. The molecule has 0 saturated heterocycles. The summed E-state index contributed by atoms with van der Waals surface area (Å²) in [6.07, 6.45) is -12.7. The number of halogens is 19. The predicted molar refractivity (Wildman–Crippen MR) is 72.9 cm³/mol. The first-order chi connectivity index (χ1) is 15.2. The molecule has 4 nitrogen and oxygen atoms in total. The van der Waals surface area contributed by atoms with E-state index in [-0.39, 0.29) is 0 Å². The number of hydrogen-bond acceptors (Lipinski definition) is 2. The van der Waals surface area contributed by atoms with Crippen molar-refractivity contribution >= 4 is 7.82 Å². The van der Waals surface area contributed by atoms with Gasteiger partial charge in [-0.05, 0) is 6.42 Å². The van der Waals surface area contributed by atoms with E-state index < -0.39 is 80.8 Å². The Kier molecular flexibility index (Phi) is 8.90. The van der Waals surface area contributed by atoms with Crippen molar-refractivity contribution in [2.75, 3.05) is 6.61 Å². The second kappa shape index (κ2) is 9.21. The maximum Gasteiger partial charge on any atom is 0.469 e. The molecule has 0 spiro atoms. The predicted octanol–water partition coefficient (Wildman–Crippen LogP) is 6.52. The van der Waals surface area contributed by atoms with Crippen molar-refractivity contribution in [3.8, 4) is 0 Å². The molecule has 24 heteroatoms. The molecule has 0 heterocycles. The Bertz CT molecular complexity index is 829. The molecule has 0 atom stereocenters. The summed E-state index contributed by atoms with van der Waals surface area (Å²) < 4.78 is 262. The van der Waals surface area contributed by atoms with Crippen LogP contribution in [0.5, 0.6) is 0 Å². The SMILES string of the molecule is O=P(O)(O)OCCCC(F)(F)C(F)(F)C(F)(F)C(F)(F)C(F)(F)C(F)(F)C(F)(F)C(F)(F)C(F)(F)F. The van der Waals surface area contributed by atoms with Gasteiger partial charge in [-0.2, -0.15) is 83.4 Å². The molecule has 0 aliphatic rings. The minimum absolute atomic E-state index is 1.73. The molecule has 0 aliphatic carbocycles. The van der Waals surface area contributed by atoms with Crippen LogP contribution in [0.15, 0.2) is 0 Å². The molecular weight excluding hydrogens is 600 g/mol. The van der Waals surface area contributed by atoms with Gasteiger partial charge in [0, 0.05) is 6.42 Å². The summed E-state index contributed by atoms with van der Waals surface area (Å²) in [5.41, 5.74) is 0. The third kappa shape index (κ3) is 5.20. The summed E-state index contributed by atoms with van der Waals surface area (Å²) >= 11 is 0. The van der Waals surface area contributed by atoms with Crippen molar-refractivity contribution in [1.82, 2.24) is 0 Å². The van der Waals surface area contributed by atoms with Gasteiger partial charge in [-0.25, -0.2) is 4.57 Å². The van der Waals surface area contributed by atoms with E-state index in [0.29, 0.717) is 0 Å². The standard InChI is InChI=1S/C12H8F19O4P/c13-4(14,2-1-3-35-36(32,33)34)5(15,16)6(17,18)7(19,20)8(21,22)9(23,24)10(25,26)11(27,28)12(29,30)31/h1-3H2,(H2,32,33,34). The van der Waals surface area contributed by atoms with Crippen LogP contribution in [0.25, 0.3) is 0 Å². The quantitative estimate of drug-likeness (QED) is 0.151. The first kappa shape index (κ1) is 34.8. The van der Waals surface area contributed by atoms with Gasteiger partial charge in [0.05, 0.1) is 6.61 Å². The fourth-order valence-corrected chi connectivity index (χ4v) is 2.40. The van der Waals surface area contributed by atoms with Crippen LogP contribution in [-0.4, -0.2) is 70.0 Å². The van der Waals surface area contributed by atoms with Gasteiger partial charge >= 0.3 is 61.4 Å². The van der Waals surface area contributed by atoms with E-state index in [1.165, 1.54) is 0 Å². The van der Waals surface area contributed by atoms with Crippen molar-refractivity contribution in [2.45, 2.75) is 66.4 Å². The molecule has 0 bridgehead atoms. The summed E-state index contributed by atoms with van der Waals surface area (Å²) in [5, 5.41) is 0. The van der Waals surface area contributed by atoms with Crippen molar-refractivity contribution in [1.29, 1.82) is 0 Å². The van der Waals surface area contributed by atoms with E-state index in [9.17, 15) is 88.0 Å². The summed E-state index contributed by atoms with van der Waals surface area (Å²) in [6.45, 7) is -1.73. The van der Waals surface area contributed by atoms with Gasteiger partial charge in [-0.3, -0.25) is 4.52 Å². The molecule has 0 fully saturated rings. The lowest BCUT2D eigenvalue weighted by Crippen LogP contribution is -2.75. The van der Waals surface area contributed by atoms with Gasteiger partial charge < -0.3 is 9.79 Å². The highest BCUT2D eigenvalue weighted by molar-refractivity contribution is 7.46. The van der Waals surface area contributed by atoms with Gasteiger partial charge in [0.25, 0.3) is 0 Å². The van der Waals surface area contributed by atoms with Crippen LogP contribution >= 0.6 is 7.82 Å². The molecule has 0 aromatic carbocycles. The first-order valence-electron chi connectivity index (χ1n) is 8.00. The zero-order chi connectivity index (χ0) is 29.8. The molecule has 0 aromatic heterocycles. The third-order valence-electron chi connectivity index (χ3n) is 4.08. The van der Waals surface area contributed by atoms with Gasteiger partial charge in [0.15, 0.2) is 0 Å². The molecule has 0 unspecified atom stereocenters. The molecule has 0 rings (SSSR count).